The van der Waals surface area contributed by atoms with E-state index in [1.165, 1.54) is 39.7 Å². The van der Waals surface area contributed by atoms with Gasteiger partial charge in [-0.2, -0.15) is 13.2 Å². The fraction of sp³-hybridized carbons (Fsp3) is 0.267. The Morgan fingerprint density at radius 3 is 2.26 bits per heavy atom. The van der Waals surface area contributed by atoms with Crippen LogP contribution in [0.4, 0.5) is 18.0 Å². The zero-order chi connectivity index (χ0) is 26.3. The number of piperidine rings is 1. The summed E-state index contributed by atoms with van der Waals surface area (Å²) in [5.41, 5.74) is 5.40. The van der Waals surface area contributed by atoms with E-state index in [-0.39, 0.29) is 17.9 Å². The van der Waals surface area contributed by atoms with Crippen LogP contribution < -0.4 is 0 Å². The second-order valence-corrected chi connectivity index (χ2v) is 10.6. The monoisotopic (exact) mass is 534 g/mol. The molecule has 194 valence electrons. The number of ether oxygens (including phenoxy) is 1. The number of thiazole rings is 1. The summed E-state index contributed by atoms with van der Waals surface area (Å²) in [6.45, 7) is 1.40. The SMILES string of the molecule is O=C(OCC1c2ccccc2-c2ccccc21)N1CCC(c2csc(-c3cccc(C(F)(F)F)c3)n2)CC1. The molecule has 0 radical (unpaired) electrons. The Balaban J connectivity index is 1.07. The molecule has 1 aromatic heterocycles. The normalized spacial score (nSPS) is 15.8. The van der Waals surface area contributed by atoms with Crippen molar-refractivity contribution in [2.75, 3.05) is 19.7 Å². The van der Waals surface area contributed by atoms with E-state index < -0.39 is 11.7 Å². The molecule has 4 aromatic rings. The molecule has 0 saturated carbocycles. The molecule has 0 spiro atoms. The average molecular weight is 535 g/mol. The van der Waals surface area contributed by atoms with Crippen molar-refractivity contribution >= 4 is 17.4 Å². The number of alkyl halides is 3. The largest absolute Gasteiger partial charge is 0.448 e. The topological polar surface area (TPSA) is 42.4 Å². The summed E-state index contributed by atoms with van der Waals surface area (Å²) in [6.07, 6.45) is -3.23. The van der Waals surface area contributed by atoms with Crippen LogP contribution in [0.1, 0.15) is 47.1 Å². The number of rotatable bonds is 4. The van der Waals surface area contributed by atoms with Gasteiger partial charge in [0.05, 0.1) is 11.3 Å². The summed E-state index contributed by atoms with van der Waals surface area (Å²) in [5.74, 6) is 0.177. The maximum absolute atomic E-state index is 13.1. The third-order valence-electron chi connectivity index (χ3n) is 7.47. The second-order valence-electron chi connectivity index (χ2n) is 9.72. The summed E-state index contributed by atoms with van der Waals surface area (Å²) >= 11 is 1.35. The molecule has 1 aliphatic carbocycles. The van der Waals surface area contributed by atoms with E-state index in [1.807, 2.05) is 29.6 Å². The van der Waals surface area contributed by atoms with Crippen molar-refractivity contribution in [3.8, 4) is 21.7 Å². The number of amides is 1. The van der Waals surface area contributed by atoms with E-state index >= 15 is 0 Å². The highest BCUT2D eigenvalue weighted by atomic mass is 32.1. The molecule has 1 fully saturated rings. The van der Waals surface area contributed by atoms with Gasteiger partial charge in [-0.1, -0.05) is 60.7 Å². The van der Waals surface area contributed by atoms with E-state index in [9.17, 15) is 18.0 Å². The van der Waals surface area contributed by atoms with Gasteiger partial charge in [-0.05, 0) is 47.2 Å². The van der Waals surface area contributed by atoms with E-state index in [1.54, 1.807) is 11.0 Å². The van der Waals surface area contributed by atoms with Gasteiger partial charge < -0.3 is 9.64 Å². The Hall–Kier alpha value is -3.65. The van der Waals surface area contributed by atoms with Crippen LogP contribution in [-0.2, 0) is 10.9 Å². The number of aromatic nitrogens is 1. The number of halogens is 3. The van der Waals surface area contributed by atoms with Crippen LogP contribution >= 0.6 is 11.3 Å². The van der Waals surface area contributed by atoms with Crippen LogP contribution in [-0.4, -0.2) is 35.7 Å². The molecule has 0 unspecified atom stereocenters. The lowest BCUT2D eigenvalue weighted by atomic mass is 9.94. The molecule has 0 bridgehead atoms. The smallest absolute Gasteiger partial charge is 0.416 e. The van der Waals surface area contributed by atoms with Gasteiger partial charge >= 0.3 is 12.3 Å². The molecule has 6 rings (SSSR count). The molecule has 3 aromatic carbocycles. The van der Waals surface area contributed by atoms with Gasteiger partial charge in [-0.3, -0.25) is 0 Å². The predicted molar refractivity (Wildman–Crippen MR) is 141 cm³/mol. The molecule has 1 amide bonds. The first-order valence-corrected chi connectivity index (χ1v) is 13.5. The fourth-order valence-electron chi connectivity index (χ4n) is 5.48. The van der Waals surface area contributed by atoms with Crippen LogP contribution in [0.25, 0.3) is 21.7 Å². The predicted octanol–water partition coefficient (Wildman–Crippen LogP) is 7.96. The maximum Gasteiger partial charge on any atom is 0.416 e. The van der Waals surface area contributed by atoms with Gasteiger partial charge in [0.25, 0.3) is 0 Å². The van der Waals surface area contributed by atoms with Gasteiger partial charge in [0.1, 0.15) is 11.6 Å². The molecule has 0 atom stereocenters. The number of likely N-dealkylation sites (tertiary alicyclic amines) is 1. The standard InChI is InChI=1S/C30H25F3N2O2S/c31-30(32,33)21-7-5-6-20(16-21)28-34-27(18-38-28)19-12-14-35(15-13-19)29(36)37-17-26-24-10-3-1-8-22(24)23-9-2-4-11-25(23)26/h1-11,16,18-19,26H,12-15,17H2. The minimum absolute atomic E-state index is 0.0214. The van der Waals surface area contributed by atoms with Crippen LogP contribution in [0.15, 0.2) is 78.2 Å². The minimum atomic E-state index is -4.39. The van der Waals surface area contributed by atoms with Crippen LogP contribution in [0.5, 0.6) is 0 Å². The zero-order valence-corrected chi connectivity index (χ0v) is 21.3. The van der Waals surface area contributed by atoms with E-state index in [0.29, 0.717) is 30.3 Å². The number of hydrogen-bond donors (Lipinski definition) is 0. The quantitative estimate of drug-likeness (QED) is 0.267. The van der Waals surface area contributed by atoms with Crippen LogP contribution in [0, 0.1) is 0 Å². The molecule has 4 nitrogen and oxygen atoms in total. The van der Waals surface area contributed by atoms with Crippen molar-refractivity contribution in [3.05, 3.63) is 101 Å². The van der Waals surface area contributed by atoms with Gasteiger partial charge in [0.15, 0.2) is 0 Å². The molecular formula is C30H25F3N2O2S. The lowest BCUT2D eigenvalue weighted by molar-refractivity contribution is -0.137. The number of hydrogen-bond acceptors (Lipinski definition) is 4. The van der Waals surface area contributed by atoms with Crippen molar-refractivity contribution in [1.82, 2.24) is 9.88 Å². The van der Waals surface area contributed by atoms with E-state index in [2.05, 4.69) is 29.2 Å². The Kier molecular flexibility index (Phi) is 6.43. The van der Waals surface area contributed by atoms with Gasteiger partial charge in [-0.25, -0.2) is 9.78 Å². The highest BCUT2D eigenvalue weighted by Crippen LogP contribution is 2.44. The maximum atomic E-state index is 13.1. The van der Waals surface area contributed by atoms with Gasteiger partial charge in [-0.15, -0.1) is 11.3 Å². The molecule has 2 heterocycles. The van der Waals surface area contributed by atoms with Crippen LogP contribution in [0.3, 0.4) is 0 Å². The van der Waals surface area contributed by atoms with Gasteiger partial charge in [0.2, 0.25) is 0 Å². The second kappa shape index (κ2) is 9.91. The number of fused-ring (bicyclic) bond motifs is 3. The minimum Gasteiger partial charge on any atom is -0.448 e. The van der Waals surface area contributed by atoms with Crippen molar-refractivity contribution in [2.24, 2.45) is 0 Å². The summed E-state index contributed by atoms with van der Waals surface area (Å²) in [5, 5.41) is 2.49. The number of carbonyl (C=O) groups excluding carboxylic acids is 1. The highest BCUT2D eigenvalue weighted by Gasteiger charge is 2.32. The third-order valence-corrected chi connectivity index (χ3v) is 8.38. The molecule has 1 aliphatic heterocycles. The van der Waals surface area contributed by atoms with Crippen molar-refractivity contribution < 1.29 is 22.7 Å². The van der Waals surface area contributed by atoms with E-state index in [0.717, 1.165) is 30.7 Å². The number of nitrogens with zero attached hydrogens (tertiary/aromatic N) is 2. The average Bonchev–Trinajstić information content (AvgIpc) is 3.55. The first kappa shape index (κ1) is 24.7. The Morgan fingerprint density at radius 1 is 0.947 bits per heavy atom. The third kappa shape index (κ3) is 4.69. The molecule has 0 N–H and O–H groups in total. The Bertz CT molecular complexity index is 1430. The van der Waals surface area contributed by atoms with Gasteiger partial charge in [0, 0.05) is 35.9 Å². The first-order chi connectivity index (χ1) is 18.4. The molecule has 38 heavy (non-hydrogen) atoms. The van der Waals surface area contributed by atoms with Crippen LogP contribution in [0.2, 0.25) is 0 Å². The van der Waals surface area contributed by atoms with Crippen molar-refractivity contribution in [3.63, 3.8) is 0 Å². The summed E-state index contributed by atoms with van der Waals surface area (Å²) in [4.78, 5) is 19.3. The fourth-order valence-corrected chi connectivity index (χ4v) is 6.38. The molecular weight excluding hydrogens is 509 g/mol. The number of carbonyl (C=O) groups is 1. The van der Waals surface area contributed by atoms with Crippen molar-refractivity contribution in [2.45, 2.75) is 30.9 Å². The molecule has 8 heteroatoms. The Labute approximate surface area is 222 Å². The summed E-state index contributed by atoms with van der Waals surface area (Å²) < 4.78 is 45.1. The molecule has 1 saturated heterocycles. The molecule has 2 aliphatic rings. The lowest BCUT2D eigenvalue weighted by Crippen LogP contribution is -2.38. The lowest BCUT2D eigenvalue weighted by Gasteiger charge is -2.31. The first-order valence-electron chi connectivity index (χ1n) is 12.6. The van der Waals surface area contributed by atoms with Crippen molar-refractivity contribution in [1.29, 1.82) is 0 Å². The zero-order valence-electron chi connectivity index (χ0n) is 20.4. The Morgan fingerprint density at radius 2 is 1.61 bits per heavy atom. The summed E-state index contributed by atoms with van der Waals surface area (Å²) in [6, 6.07) is 21.8. The van der Waals surface area contributed by atoms with E-state index in [4.69, 9.17) is 4.74 Å². The summed E-state index contributed by atoms with van der Waals surface area (Å²) in [7, 11) is 0. The number of benzene rings is 3. The highest BCUT2D eigenvalue weighted by molar-refractivity contribution is 7.13.